The van der Waals surface area contributed by atoms with Crippen molar-refractivity contribution in [1.82, 2.24) is 4.90 Å². The standard InChI is InChI=1S/C21H27NO3/c1-24-17-7-4-13-10-15-14-5-6-16(23)20-21(14,18(13)19(17)25-20)8-9-22(15)11-12-2-3-12/h4,7,12,14-16,20,23H,2-3,5-6,8-11H2,1H3/t14-,15+,16+,20-,21-/m0/s1. The van der Waals surface area contributed by atoms with E-state index in [-0.39, 0.29) is 17.6 Å². The maximum absolute atomic E-state index is 10.8. The summed E-state index contributed by atoms with van der Waals surface area (Å²) < 4.78 is 12.1. The molecule has 5 atom stereocenters. The Bertz CT molecular complexity index is 730. The minimum absolute atomic E-state index is 0.0137. The van der Waals surface area contributed by atoms with Gasteiger partial charge in [-0.2, -0.15) is 0 Å². The van der Waals surface area contributed by atoms with E-state index in [1.165, 1.54) is 30.5 Å². The van der Waals surface area contributed by atoms with Gasteiger partial charge in [-0.3, -0.25) is 4.90 Å². The van der Waals surface area contributed by atoms with Gasteiger partial charge in [-0.1, -0.05) is 6.07 Å². The molecule has 25 heavy (non-hydrogen) atoms. The topological polar surface area (TPSA) is 41.9 Å². The van der Waals surface area contributed by atoms with Crippen LogP contribution in [0.4, 0.5) is 0 Å². The second-order valence-corrected chi connectivity index (χ2v) is 8.92. The molecule has 4 nitrogen and oxygen atoms in total. The first-order chi connectivity index (χ1) is 12.2. The average molecular weight is 341 g/mol. The number of piperidine rings is 1. The predicted molar refractivity (Wildman–Crippen MR) is 94.2 cm³/mol. The quantitative estimate of drug-likeness (QED) is 0.917. The van der Waals surface area contributed by atoms with Gasteiger partial charge in [-0.25, -0.2) is 0 Å². The van der Waals surface area contributed by atoms with E-state index in [2.05, 4.69) is 17.0 Å². The molecule has 1 spiro atoms. The minimum atomic E-state index is -0.352. The van der Waals surface area contributed by atoms with E-state index in [1.807, 2.05) is 0 Å². The third-order valence-corrected chi connectivity index (χ3v) is 7.80. The number of ether oxygens (including phenoxy) is 2. The van der Waals surface area contributed by atoms with E-state index in [4.69, 9.17) is 9.47 Å². The molecule has 1 aromatic rings. The SMILES string of the molecule is COc1ccc2c3c1O[C@H]1[C@H](O)CC[C@H]4[C@@H](C2)N(CC2CC2)CC[C@@]341. The summed E-state index contributed by atoms with van der Waals surface area (Å²) in [5.41, 5.74) is 2.84. The Hall–Kier alpha value is -1.26. The minimum Gasteiger partial charge on any atom is -0.493 e. The second kappa shape index (κ2) is 4.92. The molecule has 4 heteroatoms. The van der Waals surface area contributed by atoms with Crippen molar-refractivity contribution in [3.8, 4) is 11.5 Å². The number of rotatable bonds is 3. The molecule has 3 fully saturated rings. The maximum atomic E-state index is 10.8. The molecule has 1 aromatic carbocycles. The average Bonchev–Trinajstić information content (AvgIpc) is 3.36. The fourth-order valence-corrected chi connectivity index (χ4v) is 6.61. The molecule has 1 saturated heterocycles. The predicted octanol–water partition coefficient (Wildman–Crippen LogP) is 2.51. The van der Waals surface area contributed by atoms with Gasteiger partial charge in [0.25, 0.3) is 0 Å². The zero-order valence-electron chi connectivity index (χ0n) is 14.9. The van der Waals surface area contributed by atoms with Crippen LogP contribution in [0.5, 0.6) is 11.5 Å². The van der Waals surface area contributed by atoms with Crippen LogP contribution in [0.15, 0.2) is 12.1 Å². The molecule has 2 heterocycles. The Morgan fingerprint density at radius 1 is 1.28 bits per heavy atom. The molecule has 2 saturated carbocycles. The van der Waals surface area contributed by atoms with Crippen molar-refractivity contribution < 1.29 is 14.6 Å². The highest BCUT2D eigenvalue weighted by molar-refractivity contribution is 5.61. The van der Waals surface area contributed by atoms with Crippen molar-refractivity contribution in [1.29, 1.82) is 0 Å². The maximum Gasteiger partial charge on any atom is 0.165 e. The Kier molecular flexibility index (Phi) is 2.92. The molecule has 0 aromatic heterocycles. The lowest BCUT2D eigenvalue weighted by Gasteiger charge is -2.59. The summed E-state index contributed by atoms with van der Waals surface area (Å²) in [5.74, 6) is 3.33. The highest BCUT2D eigenvalue weighted by Crippen LogP contribution is 2.64. The van der Waals surface area contributed by atoms with Crippen LogP contribution in [-0.4, -0.2) is 48.5 Å². The van der Waals surface area contributed by atoms with Gasteiger partial charge in [0.15, 0.2) is 11.5 Å². The number of likely N-dealkylation sites (tertiary alicyclic amines) is 1. The third kappa shape index (κ3) is 1.80. The van der Waals surface area contributed by atoms with E-state index in [0.717, 1.165) is 49.6 Å². The lowest BCUT2D eigenvalue weighted by molar-refractivity contribution is -0.105. The number of methoxy groups -OCH3 is 1. The molecule has 6 rings (SSSR count). The first kappa shape index (κ1) is 14.9. The number of hydrogen-bond acceptors (Lipinski definition) is 4. The van der Waals surface area contributed by atoms with Gasteiger partial charge < -0.3 is 14.6 Å². The zero-order valence-corrected chi connectivity index (χ0v) is 14.9. The largest absolute Gasteiger partial charge is 0.493 e. The van der Waals surface area contributed by atoms with Gasteiger partial charge in [0.2, 0.25) is 0 Å². The van der Waals surface area contributed by atoms with Gasteiger partial charge in [-0.05, 0) is 68.5 Å². The van der Waals surface area contributed by atoms with Crippen molar-refractivity contribution in [3.05, 3.63) is 23.3 Å². The summed E-state index contributed by atoms with van der Waals surface area (Å²) in [6, 6.07) is 4.95. The lowest BCUT2D eigenvalue weighted by Crippen LogP contribution is -2.67. The molecule has 3 aliphatic carbocycles. The van der Waals surface area contributed by atoms with Gasteiger partial charge >= 0.3 is 0 Å². The zero-order chi connectivity index (χ0) is 16.8. The Morgan fingerprint density at radius 3 is 2.96 bits per heavy atom. The summed E-state index contributed by atoms with van der Waals surface area (Å²) in [4.78, 5) is 2.79. The van der Waals surface area contributed by atoms with Gasteiger partial charge in [0.1, 0.15) is 6.10 Å². The second-order valence-electron chi connectivity index (χ2n) is 8.92. The van der Waals surface area contributed by atoms with E-state index >= 15 is 0 Å². The fourth-order valence-electron chi connectivity index (χ4n) is 6.61. The highest BCUT2D eigenvalue weighted by Gasteiger charge is 2.65. The molecule has 0 radical (unpaired) electrons. The number of nitrogens with zero attached hydrogens (tertiary/aromatic N) is 1. The van der Waals surface area contributed by atoms with Crippen molar-refractivity contribution in [2.45, 2.75) is 62.2 Å². The molecule has 5 aliphatic rings. The number of hydrogen-bond donors (Lipinski definition) is 1. The van der Waals surface area contributed by atoms with Crippen LogP contribution >= 0.6 is 0 Å². The normalized spacial score (nSPS) is 41.2. The molecule has 2 bridgehead atoms. The molecule has 0 unspecified atom stereocenters. The summed E-state index contributed by atoms with van der Waals surface area (Å²) >= 11 is 0. The van der Waals surface area contributed by atoms with Crippen LogP contribution in [0.1, 0.15) is 43.2 Å². The third-order valence-electron chi connectivity index (χ3n) is 7.80. The van der Waals surface area contributed by atoms with Crippen molar-refractivity contribution >= 4 is 0 Å². The number of benzene rings is 1. The molecule has 0 amide bonds. The lowest BCUT2D eigenvalue weighted by atomic mass is 9.51. The number of aliphatic hydroxyl groups is 1. The van der Waals surface area contributed by atoms with Crippen LogP contribution in [0.2, 0.25) is 0 Å². The fraction of sp³-hybridized carbons (Fsp3) is 0.714. The summed E-state index contributed by atoms with van der Waals surface area (Å²) in [6.45, 7) is 2.43. The Balaban J connectivity index is 1.52. The first-order valence-electron chi connectivity index (χ1n) is 10.0. The van der Waals surface area contributed by atoms with Gasteiger partial charge in [0, 0.05) is 23.6 Å². The molecule has 134 valence electrons. The van der Waals surface area contributed by atoms with Crippen molar-refractivity contribution in [3.63, 3.8) is 0 Å². The first-order valence-corrected chi connectivity index (χ1v) is 10.0. The van der Waals surface area contributed by atoms with E-state index in [1.54, 1.807) is 7.11 Å². The molecular weight excluding hydrogens is 314 g/mol. The molecular formula is C21H27NO3. The van der Waals surface area contributed by atoms with Gasteiger partial charge in [-0.15, -0.1) is 0 Å². The smallest absolute Gasteiger partial charge is 0.165 e. The Labute approximate surface area is 149 Å². The summed E-state index contributed by atoms with van der Waals surface area (Å²) in [6.07, 6.45) is 6.66. The summed E-state index contributed by atoms with van der Waals surface area (Å²) in [7, 11) is 1.72. The van der Waals surface area contributed by atoms with Crippen molar-refractivity contribution in [2.24, 2.45) is 11.8 Å². The van der Waals surface area contributed by atoms with Crippen LogP contribution in [-0.2, 0) is 11.8 Å². The van der Waals surface area contributed by atoms with E-state index < -0.39 is 0 Å². The van der Waals surface area contributed by atoms with Crippen LogP contribution in [0.25, 0.3) is 0 Å². The highest BCUT2D eigenvalue weighted by atomic mass is 16.5. The number of aliphatic hydroxyl groups excluding tert-OH is 1. The molecule has 1 N–H and O–H groups in total. The van der Waals surface area contributed by atoms with E-state index in [9.17, 15) is 5.11 Å². The molecule has 2 aliphatic heterocycles. The van der Waals surface area contributed by atoms with Crippen LogP contribution in [0.3, 0.4) is 0 Å². The van der Waals surface area contributed by atoms with E-state index in [0.29, 0.717) is 12.0 Å². The van der Waals surface area contributed by atoms with Crippen molar-refractivity contribution in [2.75, 3.05) is 20.2 Å². The summed E-state index contributed by atoms with van der Waals surface area (Å²) in [5, 5.41) is 10.8. The van der Waals surface area contributed by atoms with Gasteiger partial charge in [0.05, 0.1) is 13.2 Å². The van der Waals surface area contributed by atoms with Crippen LogP contribution < -0.4 is 9.47 Å². The monoisotopic (exact) mass is 341 g/mol. The Morgan fingerprint density at radius 2 is 2.16 bits per heavy atom. The van der Waals surface area contributed by atoms with Crippen LogP contribution in [0, 0.1) is 11.8 Å².